The molecule has 2 aromatic heterocycles. The first-order chi connectivity index (χ1) is 28.0. The van der Waals surface area contributed by atoms with Gasteiger partial charge >= 0.3 is 6.09 Å². The number of benzene rings is 2. The first kappa shape index (κ1) is 44.0. The fraction of sp³-hybridized carbons (Fsp3) is 0.442. The van der Waals surface area contributed by atoms with E-state index in [4.69, 9.17) is 19.2 Å². The molecule has 2 aliphatic rings. The van der Waals surface area contributed by atoms with Crippen LogP contribution in [0.5, 0.6) is 11.5 Å². The number of alkyl carbamates (subject to hydrolysis) is 1. The largest absolute Gasteiger partial charge is 0.497 e. The molecule has 4 aromatic rings. The van der Waals surface area contributed by atoms with Crippen molar-refractivity contribution in [2.75, 3.05) is 13.7 Å². The lowest BCUT2D eigenvalue weighted by Gasteiger charge is -2.36. The van der Waals surface area contributed by atoms with E-state index in [-0.39, 0.29) is 29.3 Å². The predicted octanol–water partition coefficient (Wildman–Crippen LogP) is 5.84. The van der Waals surface area contributed by atoms with Crippen molar-refractivity contribution >= 4 is 56.1 Å². The Balaban J connectivity index is 1.35. The third kappa shape index (κ3) is 9.41. The Morgan fingerprint density at radius 3 is 2.30 bits per heavy atom. The van der Waals surface area contributed by atoms with E-state index in [1.807, 2.05) is 36.4 Å². The molecule has 5 unspecified atom stereocenters. The molecular formula is C43H52N6O9S2. The number of methoxy groups -OCH3 is 1. The van der Waals surface area contributed by atoms with E-state index in [9.17, 15) is 27.6 Å². The van der Waals surface area contributed by atoms with Crippen molar-refractivity contribution in [3.8, 4) is 22.8 Å². The Morgan fingerprint density at radius 1 is 1.02 bits per heavy atom. The van der Waals surface area contributed by atoms with Gasteiger partial charge in [0.15, 0.2) is 4.21 Å². The number of carbonyl (C=O) groups is 4. The van der Waals surface area contributed by atoms with Crippen LogP contribution < -0.4 is 24.8 Å². The second-order valence-electron chi connectivity index (χ2n) is 17.2. The molecule has 60 heavy (non-hydrogen) atoms. The fourth-order valence-electron chi connectivity index (χ4n) is 7.31. The Labute approximate surface area is 354 Å². The second-order valence-corrected chi connectivity index (χ2v) is 20.3. The number of nitrogens with zero attached hydrogens (tertiary/aromatic N) is 3. The average molecular weight is 861 g/mol. The molecule has 6 rings (SSSR count). The molecule has 3 heterocycles. The number of hydrogen-bond donors (Lipinski definition) is 3. The summed E-state index contributed by atoms with van der Waals surface area (Å²) in [5.74, 6) is -1.81. The van der Waals surface area contributed by atoms with Gasteiger partial charge in [-0.1, -0.05) is 57.2 Å². The van der Waals surface area contributed by atoms with Gasteiger partial charge < -0.3 is 29.7 Å². The van der Waals surface area contributed by atoms with Crippen molar-refractivity contribution in [1.29, 1.82) is 0 Å². The fourth-order valence-corrected chi connectivity index (χ4v) is 9.83. The first-order valence-corrected chi connectivity index (χ1v) is 21.8. The van der Waals surface area contributed by atoms with Gasteiger partial charge in [-0.15, -0.1) is 17.9 Å². The third-order valence-corrected chi connectivity index (χ3v) is 13.4. The van der Waals surface area contributed by atoms with E-state index in [0.717, 1.165) is 16.9 Å². The Morgan fingerprint density at radius 2 is 1.72 bits per heavy atom. The van der Waals surface area contributed by atoms with E-state index >= 15 is 0 Å². The maximum atomic E-state index is 14.8. The lowest BCUT2D eigenvalue weighted by Crippen LogP contribution is -2.60. The van der Waals surface area contributed by atoms with Crippen LogP contribution in [0, 0.1) is 25.2 Å². The standard InChI is InChI=1S/C43H52N6O9S2/c1-11-27-22-43(27,39(52)48-60(54,55)38-24(2)44-25(3)59-38)47-36(50)33-20-29(23-49(33)37(51)35(41(4,5)6)46-40(53)58-42(7,8)9)57-34-21-31(26-15-13-12-14-16-26)45-32-19-28(56-10)17-18-30(32)34/h11-19,21,27,29,33,35H,1,20,22-23H2,2-10H3,(H,46,53)(H,47,50)(H,48,52). The van der Waals surface area contributed by atoms with E-state index in [2.05, 4.69) is 26.9 Å². The topological polar surface area (TPSA) is 195 Å². The molecule has 5 atom stereocenters. The zero-order chi connectivity index (χ0) is 43.9. The minimum atomic E-state index is -4.34. The van der Waals surface area contributed by atoms with Crippen molar-refractivity contribution < 1.29 is 41.8 Å². The molecule has 4 amide bonds. The summed E-state index contributed by atoms with van der Waals surface area (Å²) >= 11 is 0.924. The smallest absolute Gasteiger partial charge is 0.408 e. The monoisotopic (exact) mass is 860 g/mol. The average Bonchev–Trinajstić information content (AvgIpc) is 3.53. The third-order valence-electron chi connectivity index (χ3n) is 10.3. The number of pyridine rings is 1. The molecule has 17 heteroatoms. The molecular weight excluding hydrogens is 809 g/mol. The molecule has 3 N–H and O–H groups in total. The van der Waals surface area contributed by atoms with Crippen molar-refractivity contribution in [1.82, 2.24) is 30.2 Å². The van der Waals surface area contributed by atoms with Crippen LogP contribution in [0.4, 0.5) is 4.79 Å². The van der Waals surface area contributed by atoms with Crippen LogP contribution in [0.3, 0.4) is 0 Å². The van der Waals surface area contributed by atoms with Gasteiger partial charge in [-0.3, -0.25) is 14.4 Å². The van der Waals surface area contributed by atoms with Gasteiger partial charge in [0, 0.05) is 35.4 Å². The predicted molar refractivity (Wildman–Crippen MR) is 227 cm³/mol. The van der Waals surface area contributed by atoms with Gasteiger partial charge in [-0.2, -0.15) is 0 Å². The molecule has 0 spiro atoms. The molecule has 1 aliphatic heterocycles. The zero-order valence-electron chi connectivity index (χ0n) is 35.2. The zero-order valence-corrected chi connectivity index (χ0v) is 36.9. The summed E-state index contributed by atoms with van der Waals surface area (Å²) in [5, 5.41) is 6.70. The number of sulfonamides is 1. The lowest BCUT2D eigenvalue weighted by atomic mass is 9.85. The summed E-state index contributed by atoms with van der Waals surface area (Å²) in [6.07, 6.45) is -0.0435. The minimum Gasteiger partial charge on any atom is -0.497 e. The van der Waals surface area contributed by atoms with Crippen molar-refractivity contribution in [3.05, 3.63) is 78.0 Å². The normalized spacial score (nSPS) is 20.8. The summed E-state index contributed by atoms with van der Waals surface area (Å²) in [6, 6.07) is 14.4. The quantitative estimate of drug-likeness (QED) is 0.145. The van der Waals surface area contributed by atoms with Crippen molar-refractivity contribution in [2.45, 2.75) is 102 Å². The second kappa shape index (κ2) is 16.5. The van der Waals surface area contributed by atoms with Gasteiger partial charge in [0.05, 0.1) is 35.6 Å². The number of thiazole rings is 1. The highest BCUT2D eigenvalue weighted by molar-refractivity contribution is 7.92. The number of hydrogen-bond acceptors (Lipinski definition) is 12. The number of aromatic nitrogens is 2. The van der Waals surface area contributed by atoms with Gasteiger partial charge in [-0.25, -0.2) is 27.9 Å². The molecule has 2 aromatic carbocycles. The molecule has 1 saturated heterocycles. The highest BCUT2D eigenvalue weighted by Gasteiger charge is 2.61. The Kier molecular flexibility index (Phi) is 12.1. The Bertz CT molecular complexity index is 2440. The highest BCUT2D eigenvalue weighted by atomic mass is 32.2. The molecule has 1 aliphatic carbocycles. The first-order valence-electron chi connectivity index (χ1n) is 19.5. The van der Waals surface area contributed by atoms with Gasteiger partial charge in [0.25, 0.3) is 15.9 Å². The molecule has 2 fully saturated rings. The summed E-state index contributed by atoms with van der Waals surface area (Å²) in [7, 11) is -2.78. The van der Waals surface area contributed by atoms with Crippen molar-refractivity contribution in [3.63, 3.8) is 0 Å². The molecule has 15 nitrogen and oxygen atoms in total. The van der Waals surface area contributed by atoms with E-state index in [1.54, 1.807) is 73.8 Å². The van der Waals surface area contributed by atoms with Crippen LogP contribution in [-0.2, 0) is 29.1 Å². The maximum absolute atomic E-state index is 14.8. The van der Waals surface area contributed by atoms with Crippen LogP contribution in [-0.4, -0.2) is 90.1 Å². The van der Waals surface area contributed by atoms with Gasteiger partial charge in [0.1, 0.15) is 40.8 Å². The summed E-state index contributed by atoms with van der Waals surface area (Å²) in [6.45, 7) is 17.4. The van der Waals surface area contributed by atoms with E-state index in [0.29, 0.717) is 33.1 Å². The Hall–Kier alpha value is -5.55. The highest BCUT2D eigenvalue weighted by Crippen LogP contribution is 2.45. The maximum Gasteiger partial charge on any atom is 0.408 e. The summed E-state index contributed by atoms with van der Waals surface area (Å²) < 4.78 is 46.6. The molecule has 0 radical (unpaired) electrons. The minimum absolute atomic E-state index is 0.0182. The van der Waals surface area contributed by atoms with Gasteiger partial charge in [0.2, 0.25) is 11.8 Å². The molecule has 320 valence electrons. The van der Waals surface area contributed by atoms with Gasteiger partial charge in [-0.05, 0) is 58.6 Å². The van der Waals surface area contributed by atoms with E-state index in [1.165, 1.54) is 17.9 Å². The number of ether oxygens (including phenoxy) is 3. The lowest BCUT2D eigenvalue weighted by molar-refractivity contribution is -0.143. The number of nitrogens with one attached hydrogen (secondary N) is 3. The number of rotatable bonds is 12. The molecule has 0 bridgehead atoms. The van der Waals surface area contributed by atoms with Crippen LogP contribution in [0.25, 0.3) is 22.2 Å². The summed E-state index contributed by atoms with van der Waals surface area (Å²) in [4.78, 5) is 66.8. The van der Waals surface area contributed by atoms with Crippen LogP contribution in [0.1, 0.15) is 65.1 Å². The molecule has 1 saturated carbocycles. The number of carbonyl (C=O) groups excluding carboxylic acids is 4. The number of likely N-dealkylation sites (tertiary alicyclic amines) is 1. The number of fused-ring (bicyclic) bond motifs is 1. The van der Waals surface area contributed by atoms with E-state index < -0.39 is 74.5 Å². The van der Waals surface area contributed by atoms with Crippen molar-refractivity contribution in [2.24, 2.45) is 11.3 Å². The van der Waals surface area contributed by atoms with Crippen LogP contribution in [0.2, 0.25) is 0 Å². The van der Waals surface area contributed by atoms with Crippen LogP contribution in [0.15, 0.2) is 71.5 Å². The summed E-state index contributed by atoms with van der Waals surface area (Å²) in [5.41, 5.74) is -1.09. The SMILES string of the molecule is C=CC1CC1(NC(=O)C1CC(Oc2cc(-c3ccccc3)nc3cc(OC)ccc23)CN1C(=O)C(NC(=O)OC(C)(C)C)C(C)(C)C)C(=O)NS(=O)(=O)c1sc(C)nc1C. The number of aryl methyl sites for hydroxylation is 2. The number of amides is 4. The van der Waals surface area contributed by atoms with Crippen LogP contribution >= 0.6 is 11.3 Å².